The molecule has 5 nitrogen and oxygen atoms in total. The average molecular weight is 252 g/mol. The van der Waals surface area contributed by atoms with Crippen molar-refractivity contribution in [3.05, 3.63) is 10.5 Å². The average Bonchev–Trinajstić information content (AvgIpc) is 2.79. The van der Waals surface area contributed by atoms with Gasteiger partial charge in [-0.2, -0.15) is 5.10 Å². The van der Waals surface area contributed by atoms with Crippen LogP contribution in [0.4, 0.5) is 0 Å². The van der Waals surface area contributed by atoms with Crippen LogP contribution in [0.2, 0.25) is 0 Å². The maximum Gasteiger partial charge on any atom is 0.179 e. The van der Waals surface area contributed by atoms with Gasteiger partial charge in [0.15, 0.2) is 10.4 Å². The SMILES string of the molecule is Cc1nn(C)c2c1[nH]c(=S)n2C1CCCOC1. The molecular weight excluding hydrogens is 236 g/mol. The lowest BCUT2D eigenvalue weighted by Crippen LogP contribution is -2.22. The smallest absolute Gasteiger partial charge is 0.179 e. The number of rotatable bonds is 1. The van der Waals surface area contributed by atoms with E-state index in [2.05, 4.69) is 14.6 Å². The van der Waals surface area contributed by atoms with Crippen LogP contribution >= 0.6 is 12.2 Å². The second kappa shape index (κ2) is 3.96. The Labute approximate surface area is 104 Å². The summed E-state index contributed by atoms with van der Waals surface area (Å²) >= 11 is 5.42. The Kier molecular flexibility index (Phi) is 2.56. The molecule has 2 aromatic heterocycles. The van der Waals surface area contributed by atoms with Gasteiger partial charge in [0.1, 0.15) is 5.52 Å². The lowest BCUT2D eigenvalue weighted by Gasteiger charge is -2.23. The topological polar surface area (TPSA) is 47.8 Å². The summed E-state index contributed by atoms with van der Waals surface area (Å²) in [7, 11) is 1.96. The highest BCUT2D eigenvalue weighted by Crippen LogP contribution is 2.26. The van der Waals surface area contributed by atoms with Gasteiger partial charge in [0.05, 0.1) is 18.3 Å². The fraction of sp³-hybridized carbons (Fsp3) is 0.636. The monoisotopic (exact) mass is 252 g/mol. The molecule has 1 fully saturated rings. The van der Waals surface area contributed by atoms with Crippen LogP contribution in [0.25, 0.3) is 11.2 Å². The molecule has 6 heteroatoms. The van der Waals surface area contributed by atoms with E-state index in [9.17, 15) is 0 Å². The minimum Gasteiger partial charge on any atom is -0.379 e. The molecule has 17 heavy (non-hydrogen) atoms. The predicted molar refractivity (Wildman–Crippen MR) is 67.7 cm³/mol. The second-order valence-corrected chi connectivity index (χ2v) is 4.97. The zero-order chi connectivity index (χ0) is 12.0. The van der Waals surface area contributed by atoms with Crippen molar-refractivity contribution in [1.82, 2.24) is 19.3 Å². The van der Waals surface area contributed by atoms with Crippen LogP contribution in [0, 0.1) is 11.7 Å². The lowest BCUT2D eigenvalue weighted by molar-refractivity contribution is 0.0597. The molecule has 3 rings (SSSR count). The molecule has 0 aliphatic carbocycles. The molecule has 1 N–H and O–H groups in total. The van der Waals surface area contributed by atoms with Gasteiger partial charge in [0.25, 0.3) is 0 Å². The normalized spacial score (nSPS) is 21.2. The number of hydrogen-bond donors (Lipinski definition) is 1. The largest absolute Gasteiger partial charge is 0.379 e. The van der Waals surface area contributed by atoms with Crippen molar-refractivity contribution in [1.29, 1.82) is 0 Å². The molecule has 0 amide bonds. The minimum atomic E-state index is 0.333. The van der Waals surface area contributed by atoms with Crippen molar-refractivity contribution in [3.8, 4) is 0 Å². The number of fused-ring (bicyclic) bond motifs is 1. The van der Waals surface area contributed by atoms with Gasteiger partial charge in [-0.05, 0) is 32.0 Å². The first-order valence-electron chi connectivity index (χ1n) is 5.90. The molecule has 1 saturated heterocycles. The van der Waals surface area contributed by atoms with Crippen molar-refractivity contribution < 1.29 is 4.74 Å². The molecule has 1 aliphatic rings. The standard InChI is InChI=1S/C11H16N4OS/c1-7-9-10(14(2)13-7)15(11(17)12-9)8-4-3-5-16-6-8/h8H,3-6H2,1-2H3,(H,12,17). The number of H-pyrrole nitrogens is 1. The van der Waals surface area contributed by atoms with Crippen LogP contribution in [0.5, 0.6) is 0 Å². The molecule has 0 aromatic carbocycles. The van der Waals surface area contributed by atoms with E-state index in [0.29, 0.717) is 6.04 Å². The van der Waals surface area contributed by atoms with Gasteiger partial charge in [-0.25, -0.2) is 0 Å². The lowest BCUT2D eigenvalue weighted by atomic mass is 10.1. The number of aromatic nitrogens is 4. The maximum atomic E-state index is 5.55. The predicted octanol–water partition coefficient (Wildman–Crippen LogP) is 2.09. The van der Waals surface area contributed by atoms with Gasteiger partial charge in [-0.3, -0.25) is 9.25 Å². The highest BCUT2D eigenvalue weighted by atomic mass is 32.1. The Balaban J connectivity index is 2.20. The van der Waals surface area contributed by atoms with Crippen molar-refractivity contribution >= 4 is 23.4 Å². The molecule has 92 valence electrons. The molecular formula is C11H16N4OS. The van der Waals surface area contributed by atoms with Crippen LogP contribution < -0.4 is 0 Å². The molecule has 1 aliphatic heterocycles. The van der Waals surface area contributed by atoms with E-state index in [1.165, 1.54) is 0 Å². The van der Waals surface area contributed by atoms with Crippen molar-refractivity contribution in [2.45, 2.75) is 25.8 Å². The molecule has 0 spiro atoms. The van der Waals surface area contributed by atoms with E-state index in [1.54, 1.807) is 0 Å². The summed E-state index contributed by atoms with van der Waals surface area (Å²) in [4.78, 5) is 3.25. The zero-order valence-electron chi connectivity index (χ0n) is 10.1. The Hall–Kier alpha value is -1.14. The summed E-state index contributed by atoms with van der Waals surface area (Å²) in [5, 5.41) is 4.42. The van der Waals surface area contributed by atoms with E-state index >= 15 is 0 Å². The van der Waals surface area contributed by atoms with E-state index in [4.69, 9.17) is 17.0 Å². The Bertz CT molecular complexity index is 603. The summed E-state index contributed by atoms with van der Waals surface area (Å²) in [6.07, 6.45) is 2.21. The molecule has 0 bridgehead atoms. The summed E-state index contributed by atoms with van der Waals surface area (Å²) in [6.45, 7) is 3.60. The summed E-state index contributed by atoms with van der Waals surface area (Å²) in [5.74, 6) is 0. The molecule has 2 aromatic rings. The molecule has 1 atom stereocenters. The van der Waals surface area contributed by atoms with Gasteiger partial charge >= 0.3 is 0 Å². The van der Waals surface area contributed by atoms with Gasteiger partial charge in [0.2, 0.25) is 0 Å². The fourth-order valence-corrected chi connectivity index (χ4v) is 2.94. The summed E-state index contributed by atoms with van der Waals surface area (Å²) < 4.78 is 10.4. The number of aromatic amines is 1. The van der Waals surface area contributed by atoms with Crippen LogP contribution in [-0.2, 0) is 11.8 Å². The first-order valence-corrected chi connectivity index (χ1v) is 6.31. The third-order valence-corrected chi connectivity index (χ3v) is 3.67. The number of nitrogens with zero attached hydrogens (tertiary/aromatic N) is 3. The Morgan fingerprint density at radius 1 is 1.53 bits per heavy atom. The number of hydrogen-bond acceptors (Lipinski definition) is 3. The van der Waals surface area contributed by atoms with Gasteiger partial charge in [-0.15, -0.1) is 0 Å². The van der Waals surface area contributed by atoms with E-state index in [0.717, 1.165) is 47.7 Å². The van der Waals surface area contributed by atoms with Gasteiger partial charge < -0.3 is 9.72 Å². The third kappa shape index (κ3) is 1.63. The summed E-state index contributed by atoms with van der Waals surface area (Å²) in [5.41, 5.74) is 3.11. The first kappa shape index (κ1) is 11.0. The molecule has 1 unspecified atom stereocenters. The number of ether oxygens (including phenoxy) is 1. The van der Waals surface area contributed by atoms with E-state index in [1.807, 2.05) is 18.7 Å². The quantitative estimate of drug-likeness (QED) is 0.791. The molecule has 0 saturated carbocycles. The number of aryl methyl sites for hydroxylation is 2. The van der Waals surface area contributed by atoms with Crippen LogP contribution in [0.1, 0.15) is 24.6 Å². The number of nitrogens with one attached hydrogen (secondary N) is 1. The van der Waals surface area contributed by atoms with Crippen molar-refractivity contribution in [3.63, 3.8) is 0 Å². The summed E-state index contributed by atoms with van der Waals surface area (Å²) in [6, 6.07) is 0.333. The Morgan fingerprint density at radius 3 is 3.06 bits per heavy atom. The van der Waals surface area contributed by atoms with Crippen LogP contribution in [0.3, 0.4) is 0 Å². The highest BCUT2D eigenvalue weighted by Gasteiger charge is 2.21. The zero-order valence-corrected chi connectivity index (χ0v) is 10.9. The van der Waals surface area contributed by atoms with Crippen molar-refractivity contribution in [2.24, 2.45) is 7.05 Å². The van der Waals surface area contributed by atoms with Gasteiger partial charge in [0, 0.05) is 13.7 Å². The minimum absolute atomic E-state index is 0.333. The third-order valence-electron chi connectivity index (χ3n) is 3.37. The number of imidazole rings is 1. The molecule has 3 heterocycles. The second-order valence-electron chi connectivity index (χ2n) is 4.58. The fourth-order valence-electron chi connectivity index (χ4n) is 2.60. The van der Waals surface area contributed by atoms with Crippen LogP contribution in [-0.4, -0.2) is 32.5 Å². The highest BCUT2D eigenvalue weighted by molar-refractivity contribution is 7.71. The molecule has 0 radical (unpaired) electrons. The van der Waals surface area contributed by atoms with Gasteiger partial charge in [-0.1, -0.05) is 0 Å². The van der Waals surface area contributed by atoms with E-state index < -0.39 is 0 Å². The maximum absolute atomic E-state index is 5.55. The van der Waals surface area contributed by atoms with Crippen LogP contribution in [0.15, 0.2) is 0 Å². The Morgan fingerprint density at radius 2 is 2.35 bits per heavy atom. The van der Waals surface area contributed by atoms with E-state index in [-0.39, 0.29) is 0 Å². The first-order chi connectivity index (χ1) is 8.18. The van der Waals surface area contributed by atoms with Crippen molar-refractivity contribution in [2.75, 3.05) is 13.2 Å².